The summed E-state index contributed by atoms with van der Waals surface area (Å²) in [6.45, 7) is 2.83. The molecule has 2 atom stereocenters. The zero-order chi connectivity index (χ0) is 15.1. The van der Waals surface area contributed by atoms with Gasteiger partial charge in [0.15, 0.2) is 0 Å². The Kier molecular flexibility index (Phi) is 5.83. The third kappa shape index (κ3) is 4.61. The van der Waals surface area contributed by atoms with Crippen LogP contribution in [0.4, 0.5) is 0 Å². The fraction of sp³-hybridized carbons (Fsp3) is 0.500. The van der Waals surface area contributed by atoms with Crippen LogP contribution in [-0.4, -0.2) is 24.2 Å². The second kappa shape index (κ2) is 7.85. The number of rotatable bonds is 3. The van der Waals surface area contributed by atoms with Crippen molar-refractivity contribution >= 4 is 5.91 Å². The van der Waals surface area contributed by atoms with Gasteiger partial charge in [0.05, 0.1) is 5.56 Å². The maximum absolute atomic E-state index is 12.3. The number of benzene rings is 1. The van der Waals surface area contributed by atoms with E-state index in [1.807, 2.05) is 12.1 Å². The summed E-state index contributed by atoms with van der Waals surface area (Å²) in [6, 6.07) is 7.27. The molecule has 1 fully saturated rings. The van der Waals surface area contributed by atoms with Crippen LogP contribution in [0.15, 0.2) is 24.3 Å². The van der Waals surface area contributed by atoms with Gasteiger partial charge in [-0.05, 0) is 36.8 Å². The van der Waals surface area contributed by atoms with Crippen LogP contribution in [0, 0.1) is 23.7 Å². The highest BCUT2D eigenvalue weighted by molar-refractivity contribution is 5.96. The Hall–Kier alpha value is -1.79. The van der Waals surface area contributed by atoms with E-state index in [9.17, 15) is 4.79 Å². The highest BCUT2D eigenvalue weighted by Gasteiger charge is 2.19. The lowest BCUT2D eigenvalue weighted by atomic mass is 9.82. The van der Waals surface area contributed by atoms with Crippen molar-refractivity contribution in [2.45, 2.75) is 32.6 Å². The molecule has 1 aromatic carbocycles. The minimum absolute atomic E-state index is 0.0731. The molecule has 3 nitrogen and oxygen atoms in total. The topological polar surface area (TPSA) is 49.3 Å². The molecule has 0 radical (unpaired) electrons. The monoisotopic (exact) mass is 285 g/mol. The number of aliphatic hydroxyl groups is 1. The normalized spacial score (nSPS) is 21.2. The Labute approximate surface area is 126 Å². The van der Waals surface area contributed by atoms with Crippen LogP contribution >= 0.6 is 0 Å². The van der Waals surface area contributed by atoms with Crippen molar-refractivity contribution in [2.24, 2.45) is 11.8 Å². The number of amides is 1. The van der Waals surface area contributed by atoms with E-state index in [2.05, 4.69) is 24.1 Å². The number of nitrogens with one attached hydrogen (secondary N) is 1. The summed E-state index contributed by atoms with van der Waals surface area (Å²) in [5.74, 6) is 6.71. The SMILES string of the molecule is CC1CCCC(CNC(=O)c2ccccc2C#CCO)C1. The number of carbonyl (C=O) groups is 1. The average Bonchev–Trinajstić information content (AvgIpc) is 2.51. The Morgan fingerprint density at radius 2 is 2.19 bits per heavy atom. The van der Waals surface area contributed by atoms with Gasteiger partial charge >= 0.3 is 0 Å². The van der Waals surface area contributed by atoms with Gasteiger partial charge < -0.3 is 10.4 Å². The van der Waals surface area contributed by atoms with Gasteiger partial charge in [0, 0.05) is 12.1 Å². The number of hydrogen-bond acceptors (Lipinski definition) is 2. The van der Waals surface area contributed by atoms with Crippen LogP contribution in [-0.2, 0) is 0 Å². The molecule has 1 amide bonds. The first-order valence-electron chi connectivity index (χ1n) is 7.67. The second-order valence-corrected chi connectivity index (χ2v) is 5.85. The van der Waals surface area contributed by atoms with Crippen LogP contribution in [0.25, 0.3) is 0 Å². The molecule has 1 saturated carbocycles. The van der Waals surface area contributed by atoms with E-state index in [0.717, 1.165) is 12.5 Å². The lowest BCUT2D eigenvalue weighted by molar-refractivity contribution is 0.0940. The van der Waals surface area contributed by atoms with Gasteiger partial charge in [-0.3, -0.25) is 4.79 Å². The summed E-state index contributed by atoms with van der Waals surface area (Å²) in [6.07, 6.45) is 4.98. The van der Waals surface area contributed by atoms with Crippen molar-refractivity contribution < 1.29 is 9.90 Å². The maximum Gasteiger partial charge on any atom is 0.252 e. The summed E-state index contributed by atoms with van der Waals surface area (Å²) >= 11 is 0. The van der Waals surface area contributed by atoms with Crippen molar-refractivity contribution in [1.82, 2.24) is 5.32 Å². The highest BCUT2D eigenvalue weighted by atomic mass is 16.2. The first-order valence-corrected chi connectivity index (χ1v) is 7.67. The predicted molar refractivity (Wildman–Crippen MR) is 83.9 cm³/mol. The van der Waals surface area contributed by atoms with Crippen molar-refractivity contribution in [1.29, 1.82) is 0 Å². The van der Waals surface area contributed by atoms with E-state index in [0.29, 0.717) is 17.0 Å². The lowest BCUT2D eigenvalue weighted by Crippen LogP contribution is -2.31. The third-order valence-corrected chi connectivity index (χ3v) is 4.07. The lowest BCUT2D eigenvalue weighted by Gasteiger charge is -2.26. The molecule has 0 spiro atoms. The predicted octanol–water partition coefficient (Wildman–Crippen LogP) is 2.59. The molecule has 0 aliphatic heterocycles. The summed E-state index contributed by atoms with van der Waals surface area (Å²) < 4.78 is 0. The summed E-state index contributed by atoms with van der Waals surface area (Å²) in [4.78, 5) is 12.3. The quantitative estimate of drug-likeness (QED) is 0.839. The third-order valence-electron chi connectivity index (χ3n) is 4.07. The molecule has 112 valence electrons. The fourth-order valence-corrected chi connectivity index (χ4v) is 3.00. The van der Waals surface area contributed by atoms with Crippen molar-refractivity contribution in [3.05, 3.63) is 35.4 Å². The molecular weight excluding hydrogens is 262 g/mol. The molecule has 0 saturated heterocycles. The minimum Gasteiger partial charge on any atom is -0.384 e. The van der Waals surface area contributed by atoms with E-state index in [-0.39, 0.29) is 12.5 Å². The van der Waals surface area contributed by atoms with Gasteiger partial charge in [-0.15, -0.1) is 0 Å². The molecule has 2 rings (SSSR count). The van der Waals surface area contributed by atoms with Crippen LogP contribution < -0.4 is 5.32 Å². The molecule has 0 bridgehead atoms. The molecule has 2 unspecified atom stereocenters. The van der Waals surface area contributed by atoms with Gasteiger partial charge in [0.1, 0.15) is 6.61 Å². The molecule has 1 aliphatic carbocycles. The van der Waals surface area contributed by atoms with Gasteiger partial charge in [0.25, 0.3) is 5.91 Å². The van der Waals surface area contributed by atoms with Gasteiger partial charge in [-0.1, -0.05) is 43.7 Å². The van der Waals surface area contributed by atoms with Gasteiger partial charge in [0.2, 0.25) is 0 Å². The average molecular weight is 285 g/mol. The number of carbonyl (C=O) groups excluding carboxylic acids is 1. The molecule has 1 aromatic rings. The van der Waals surface area contributed by atoms with Crippen molar-refractivity contribution in [3.8, 4) is 11.8 Å². The highest BCUT2D eigenvalue weighted by Crippen LogP contribution is 2.27. The van der Waals surface area contributed by atoms with E-state index in [4.69, 9.17) is 5.11 Å². The first kappa shape index (κ1) is 15.6. The fourth-order valence-electron chi connectivity index (χ4n) is 3.00. The first-order chi connectivity index (χ1) is 10.2. The van der Waals surface area contributed by atoms with Crippen LogP contribution in [0.3, 0.4) is 0 Å². The smallest absolute Gasteiger partial charge is 0.252 e. The van der Waals surface area contributed by atoms with Crippen LogP contribution in [0.1, 0.15) is 48.5 Å². The maximum atomic E-state index is 12.3. The van der Waals surface area contributed by atoms with E-state index in [1.54, 1.807) is 12.1 Å². The minimum atomic E-state index is -0.198. The molecule has 0 aromatic heterocycles. The van der Waals surface area contributed by atoms with E-state index in [1.165, 1.54) is 25.7 Å². The number of aliphatic hydroxyl groups excluding tert-OH is 1. The Bertz CT molecular complexity index is 542. The van der Waals surface area contributed by atoms with Crippen molar-refractivity contribution in [3.63, 3.8) is 0 Å². The van der Waals surface area contributed by atoms with Crippen molar-refractivity contribution in [2.75, 3.05) is 13.2 Å². The molecular formula is C18H23NO2. The van der Waals surface area contributed by atoms with Crippen LogP contribution in [0.2, 0.25) is 0 Å². The van der Waals surface area contributed by atoms with Gasteiger partial charge in [-0.2, -0.15) is 0 Å². The molecule has 1 aliphatic rings. The summed E-state index contributed by atoms with van der Waals surface area (Å²) in [7, 11) is 0. The van der Waals surface area contributed by atoms with E-state index >= 15 is 0 Å². The zero-order valence-corrected chi connectivity index (χ0v) is 12.6. The standard InChI is InChI=1S/C18H23NO2/c1-14-6-4-7-15(12-14)13-19-18(21)17-10-3-2-8-16(17)9-5-11-20/h2-3,8,10,14-15,20H,4,6-7,11-13H2,1H3,(H,19,21). The molecule has 21 heavy (non-hydrogen) atoms. The Balaban J connectivity index is 1.97. The van der Waals surface area contributed by atoms with Crippen LogP contribution in [0.5, 0.6) is 0 Å². The zero-order valence-electron chi connectivity index (χ0n) is 12.6. The van der Waals surface area contributed by atoms with E-state index < -0.39 is 0 Å². The Morgan fingerprint density at radius 3 is 2.95 bits per heavy atom. The molecule has 2 N–H and O–H groups in total. The number of hydrogen-bond donors (Lipinski definition) is 2. The summed E-state index contributed by atoms with van der Waals surface area (Å²) in [5, 5.41) is 11.8. The molecule has 0 heterocycles. The summed E-state index contributed by atoms with van der Waals surface area (Å²) in [5.41, 5.74) is 1.25. The largest absolute Gasteiger partial charge is 0.384 e. The Morgan fingerprint density at radius 1 is 1.38 bits per heavy atom. The molecule has 3 heteroatoms. The van der Waals surface area contributed by atoms with Gasteiger partial charge in [-0.25, -0.2) is 0 Å². The second-order valence-electron chi connectivity index (χ2n) is 5.85.